The smallest absolute Gasteiger partial charge is 0.314 e. The molecule has 2 nitrogen and oxygen atoms in total. The van der Waals surface area contributed by atoms with Crippen LogP contribution in [0.4, 0.5) is 0 Å². The van der Waals surface area contributed by atoms with Gasteiger partial charge in [0.15, 0.2) is 0 Å². The molecule has 1 saturated heterocycles. The number of rotatable bonds is 0. The van der Waals surface area contributed by atoms with Crippen LogP contribution in [0.15, 0.2) is 36.5 Å². The van der Waals surface area contributed by atoms with E-state index >= 15 is 0 Å². The summed E-state index contributed by atoms with van der Waals surface area (Å²) in [6, 6.07) is 0. The van der Waals surface area contributed by atoms with Crippen molar-refractivity contribution in [3.8, 4) is 0 Å². The van der Waals surface area contributed by atoms with Crippen LogP contribution in [-0.2, 0) is 9.53 Å². The maximum atomic E-state index is 11.4. The van der Waals surface area contributed by atoms with Gasteiger partial charge < -0.3 is 4.74 Å². The van der Waals surface area contributed by atoms with Crippen molar-refractivity contribution in [2.45, 2.75) is 6.10 Å². The highest BCUT2D eigenvalue weighted by molar-refractivity contribution is 5.78. The van der Waals surface area contributed by atoms with E-state index in [2.05, 4.69) is 24.3 Å². The van der Waals surface area contributed by atoms with Gasteiger partial charge in [-0.3, -0.25) is 4.79 Å². The molecule has 13 heavy (non-hydrogen) atoms. The van der Waals surface area contributed by atoms with Crippen molar-refractivity contribution in [2.24, 2.45) is 17.8 Å². The van der Waals surface area contributed by atoms with Gasteiger partial charge in [-0.25, -0.2) is 0 Å². The van der Waals surface area contributed by atoms with Crippen LogP contribution in [0.1, 0.15) is 0 Å². The largest absolute Gasteiger partial charge is 0.457 e. The van der Waals surface area contributed by atoms with E-state index in [-0.39, 0.29) is 23.9 Å². The Morgan fingerprint density at radius 2 is 1.77 bits per heavy atom. The summed E-state index contributed by atoms with van der Waals surface area (Å²) in [6.45, 7) is 0. The van der Waals surface area contributed by atoms with Crippen LogP contribution < -0.4 is 0 Å². The number of fused-ring (bicyclic) bond motifs is 1. The molecule has 0 aromatic rings. The van der Waals surface area contributed by atoms with Crippen LogP contribution >= 0.6 is 0 Å². The Hall–Kier alpha value is -1.31. The molecule has 0 N–H and O–H groups in total. The van der Waals surface area contributed by atoms with Crippen molar-refractivity contribution in [3.63, 3.8) is 0 Å². The number of hydrogen-bond donors (Lipinski definition) is 0. The summed E-state index contributed by atoms with van der Waals surface area (Å²) in [5, 5.41) is 0. The Balaban J connectivity index is 2.15. The number of allylic oxidation sites excluding steroid dienone is 3. The van der Waals surface area contributed by atoms with Crippen molar-refractivity contribution in [3.05, 3.63) is 36.5 Å². The first-order chi connectivity index (χ1) is 6.34. The third-order valence-electron chi connectivity index (χ3n) is 2.94. The second kappa shape index (κ2) is 2.34. The Labute approximate surface area is 76.6 Å². The van der Waals surface area contributed by atoms with Crippen molar-refractivity contribution >= 4 is 5.97 Å². The van der Waals surface area contributed by atoms with Gasteiger partial charge >= 0.3 is 5.97 Å². The Bertz CT molecular complexity index is 330. The van der Waals surface area contributed by atoms with Gasteiger partial charge in [0.25, 0.3) is 0 Å². The zero-order valence-corrected chi connectivity index (χ0v) is 7.09. The molecule has 0 unspecified atom stereocenters. The zero-order chi connectivity index (χ0) is 8.84. The molecule has 1 fully saturated rings. The topological polar surface area (TPSA) is 26.3 Å². The minimum Gasteiger partial charge on any atom is -0.457 e. The van der Waals surface area contributed by atoms with Crippen molar-refractivity contribution in [1.29, 1.82) is 0 Å². The van der Waals surface area contributed by atoms with Gasteiger partial charge in [0.1, 0.15) is 6.10 Å². The summed E-state index contributed by atoms with van der Waals surface area (Å²) in [5.74, 6) is 0.457. The first kappa shape index (κ1) is 7.13. The lowest BCUT2D eigenvalue weighted by Gasteiger charge is -2.10. The maximum Gasteiger partial charge on any atom is 0.314 e. The second-order valence-electron chi connectivity index (χ2n) is 3.74. The van der Waals surface area contributed by atoms with Gasteiger partial charge in [-0.15, -0.1) is 0 Å². The molecule has 0 aromatic heterocycles. The number of hydrogen-bond acceptors (Lipinski definition) is 2. The molecule has 0 amide bonds. The Kier molecular flexibility index (Phi) is 1.29. The molecular weight excluding hydrogens is 164 g/mol. The molecule has 0 radical (unpaired) electrons. The first-order valence-corrected chi connectivity index (χ1v) is 4.60. The summed E-state index contributed by atoms with van der Waals surface area (Å²) < 4.78 is 5.25. The standard InChI is InChI=1S/C11H10O2/c12-11-9-5-2-7-1-4-8(9)10(13-11)6-3-7/h1-10H/t7-,8-,9+,10-/m1/s1. The lowest BCUT2D eigenvalue weighted by Crippen LogP contribution is -2.15. The van der Waals surface area contributed by atoms with E-state index in [0.717, 1.165) is 0 Å². The van der Waals surface area contributed by atoms with E-state index < -0.39 is 0 Å². The molecule has 0 aromatic carbocycles. The Morgan fingerprint density at radius 1 is 1.00 bits per heavy atom. The lowest BCUT2D eigenvalue weighted by molar-refractivity contribution is -0.141. The maximum absolute atomic E-state index is 11.4. The molecule has 3 rings (SSSR count). The first-order valence-electron chi connectivity index (χ1n) is 4.60. The minimum atomic E-state index is -0.0805. The minimum absolute atomic E-state index is 0.0244. The second-order valence-corrected chi connectivity index (χ2v) is 3.74. The van der Waals surface area contributed by atoms with Gasteiger partial charge in [-0.2, -0.15) is 0 Å². The van der Waals surface area contributed by atoms with Crippen molar-refractivity contribution in [2.75, 3.05) is 0 Å². The van der Waals surface area contributed by atoms with Gasteiger partial charge in [0, 0.05) is 11.8 Å². The monoisotopic (exact) mass is 174 g/mol. The predicted octanol–water partition coefficient (Wildman–Crippen LogP) is 1.46. The van der Waals surface area contributed by atoms with Gasteiger partial charge in [-0.05, 0) is 6.08 Å². The summed E-state index contributed by atoms with van der Waals surface area (Å²) in [7, 11) is 0. The SMILES string of the molecule is O=C1O[C@@H]2C=C[C@@H]3C=C[C@@H]2[C@@H]1C=C3. The fourth-order valence-electron chi connectivity index (χ4n) is 2.19. The molecule has 0 spiro atoms. The molecule has 0 saturated carbocycles. The summed E-state index contributed by atoms with van der Waals surface area (Å²) in [5.41, 5.74) is 0. The molecule has 1 aliphatic heterocycles. The van der Waals surface area contributed by atoms with E-state index in [0.29, 0.717) is 5.92 Å². The van der Waals surface area contributed by atoms with Crippen LogP contribution in [0.2, 0.25) is 0 Å². The molecular formula is C11H10O2. The van der Waals surface area contributed by atoms with E-state index in [9.17, 15) is 4.79 Å². The van der Waals surface area contributed by atoms with E-state index in [1.165, 1.54) is 0 Å². The van der Waals surface area contributed by atoms with Gasteiger partial charge in [0.05, 0.1) is 5.92 Å². The average molecular weight is 174 g/mol. The third-order valence-corrected chi connectivity index (χ3v) is 2.94. The fraction of sp³-hybridized carbons (Fsp3) is 0.364. The zero-order valence-electron chi connectivity index (χ0n) is 7.09. The number of esters is 1. The fourth-order valence-corrected chi connectivity index (χ4v) is 2.19. The lowest BCUT2D eigenvalue weighted by atomic mass is 9.90. The van der Waals surface area contributed by atoms with Gasteiger partial charge in [-0.1, -0.05) is 30.4 Å². The quantitative estimate of drug-likeness (QED) is 0.410. The molecule has 4 atom stereocenters. The van der Waals surface area contributed by atoms with E-state index in [1.807, 2.05) is 12.2 Å². The highest BCUT2D eigenvalue weighted by Gasteiger charge is 2.42. The van der Waals surface area contributed by atoms with E-state index in [4.69, 9.17) is 4.74 Å². The number of carbonyl (C=O) groups is 1. The van der Waals surface area contributed by atoms with Crippen LogP contribution in [0.5, 0.6) is 0 Å². The third kappa shape index (κ3) is 0.916. The van der Waals surface area contributed by atoms with Crippen LogP contribution in [0.3, 0.4) is 0 Å². The van der Waals surface area contributed by atoms with E-state index in [1.54, 1.807) is 0 Å². The molecule has 66 valence electrons. The molecule has 3 aliphatic rings. The molecule has 2 heteroatoms. The number of carbonyl (C=O) groups excluding carboxylic acids is 1. The van der Waals surface area contributed by atoms with Crippen molar-refractivity contribution < 1.29 is 9.53 Å². The van der Waals surface area contributed by atoms with Crippen molar-refractivity contribution in [1.82, 2.24) is 0 Å². The average Bonchev–Trinajstić information content (AvgIpc) is 2.29. The highest BCUT2D eigenvalue weighted by atomic mass is 16.6. The normalized spacial score (nSPS) is 44.8. The molecule has 1 heterocycles. The summed E-state index contributed by atoms with van der Waals surface area (Å²) >= 11 is 0. The van der Waals surface area contributed by atoms with Gasteiger partial charge in [0.2, 0.25) is 0 Å². The van der Waals surface area contributed by atoms with Crippen LogP contribution in [0.25, 0.3) is 0 Å². The predicted molar refractivity (Wildman–Crippen MR) is 47.8 cm³/mol. The molecule has 2 bridgehead atoms. The van der Waals surface area contributed by atoms with Crippen LogP contribution in [-0.4, -0.2) is 12.1 Å². The summed E-state index contributed by atoms with van der Waals surface area (Å²) in [4.78, 5) is 11.4. The highest BCUT2D eigenvalue weighted by Crippen LogP contribution is 2.36. The number of ether oxygens (including phenoxy) is 1. The summed E-state index contributed by atoms with van der Waals surface area (Å²) in [6.07, 6.45) is 12.4. The van der Waals surface area contributed by atoms with Crippen LogP contribution in [0, 0.1) is 17.8 Å². The Morgan fingerprint density at radius 3 is 2.69 bits per heavy atom. The molecule has 2 aliphatic carbocycles.